The summed E-state index contributed by atoms with van der Waals surface area (Å²) >= 11 is 5.67. The highest BCUT2D eigenvalue weighted by atomic mass is 35.5. The van der Waals surface area contributed by atoms with Crippen molar-refractivity contribution in [2.45, 2.75) is 6.54 Å². The maximum atomic E-state index is 13.2. The second kappa shape index (κ2) is 7.57. The fourth-order valence-electron chi connectivity index (χ4n) is 2.19. The van der Waals surface area contributed by atoms with Gasteiger partial charge in [-0.1, -0.05) is 17.7 Å². The maximum absolute atomic E-state index is 13.2. The molecule has 1 N–H and O–H groups in total. The zero-order chi connectivity index (χ0) is 18.7. The first-order chi connectivity index (χ1) is 12.4. The second-order valence-corrected chi connectivity index (χ2v) is 5.69. The summed E-state index contributed by atoms with van der Waals surface area (Å²) in [5.74, 6) is -2.84. The highest BCUT2D eigenvalue weighted by Gasteiger charge is 2.18. The maximum Gasteiger partial charge on any atom is 0.340 e. The predicted octanol–water partition coefficient (Wildman–Crippen LogP) is 2.82. The van der Waals surface area contributed by atoms with Gasteiger partial charge in [-0.05, 0) is 29.8 Å². The van der Waals surface area contributed by atoms with Crippen LogP contribution in [0.5, 0.6) is 11.5 Å². The third-order valence-electron chi connectivity index (χ3n) is 3.49. The lowest BCUT2D eigenvalue weighted by molar-refractivity contribution is -0.124. The number of halogens is 3. The van der Waals surface area contributed by atoms with Crippen molar-refractivity contribution >= 4 is 23.5 Å². The van der Waals surface area contributed by atoms with Crippen LogP contribution in [0.2, 0.25) is 5.02 Å². The Hall–Kier alpha value is -2.87. The van der Waals surface area contributed by atoms with Crippen LogP contribution < -0.4 is 14.8 Å². The molecule has 0 atom stereocenters. The minimum atomic E-state index is -1.24. The summed E-state index contributed by atoms with van der Waals surface area (Å²) in [6, 6.07) is 6.46. The number of ether oxygens (including phenoxy) is 3. The van der Waals surface area contributed by atoms with Crippen LogP contribution in [0.15, 0.2) is 30.3 Å². The highest BCUT2D eigenvalue weighted by molar-refractivity contribution is 6.33. The van der Waals surface area contributed by atoms with E-state index in [0.29, 0.717) is 23.6 Å². The SMILES string of the molecule is O=C(COC(=O)c1cc(F)c(F)cc1Cl)NCc1ccc2c(c1)OCO2. The number of carbonyl (C=O) groups is 2. The van der Waals surface area contributed by atoms with Gasteiger partial charge in [0.15, 0.2) is 29.7 Å². The number of carbonyl (C=O) groups excluding carboxylic acids is 2. The van der Waals surface area contributed by atoms with Crippen molar-refractivity contribution in [2.75, 3.05) is 13.4 Å². The molecule has 0 saturated heterocycles. The lowest BCUT2D eigenvalue weighted by atomic mass is 10.2. The molecular weight excluding hydrogens is 372 g/mol. The number of hydrogen-bond acceptors (Lipinski definition) is 5. The van der Waals surface area contributed by atoms with E-state index < -0.39 is 30.1 Å². The first-order valence-corrected chi connectivity index (χ1v) is 7.78. The van der Waals surface area contributed by atoms with Crippen LogP contribution in [-0.4, -0.2) is 25.3 Å². The molecule has 3 rings (SSSR count). The van der Waals surface area contributed by atoms with E-state index in [4.69, 9.17) is 25.8 Å². The number of amides is 1. The molecule has 26 heavy (non-hydrogen) atoms. The Morgan fingerprint density at radius 1 is 1.12 bits per heavy atom. The van der Waals surface area contributed by atoms with Crippen molar-refractivity contribution in [3.05, 3.63) is 58.1 Å². The van der Waals surface area contributed by atoms with Gasteiger partial charge in [0.1, 0.15) is 0 Å². The van der Waals surface area contributed by atoms with Crippen LogP contribution >= 0.6 is 11.6 Å². The molecule has 0 fully saturated rings. The molecule has 0 radical (unpaired) electrons. The largest absolute Gasteiger partial charge is 0.454 e. The molecule has 0 aromatic heterocycles. The monoisotopic (exact) mass is 383 g/mol. The highest BCUT2D eigenvalue weighted by Crippen LogP contribution is 2.32. The summed E-state index contributed by atoms with van der Waals surface area (Å²) in [6.07, 6.45) is 0. The van der Waals surface area contributed by atoms with Gasteiger partial charge >= 0.3 is 5.97 Å². The Morgan fingerprint density at radius 3 is 2.65 bits per heavy atom. The van der Waals surface area contributed by atoms with Gasteiger partial charge < -0.3 is 19.5 Å². The summed E-state index contributed by atoms with van der Waals surface area (Å²) in [7, 11) is 0. The molecule has 1 amide bonds. The Balaban J connectivity index is 1.51. The van der Waals surface area contributed by atoms with Crippen molar-refractivity contribution in [2.24, 2.45) is 0 Å². The molecule has 0 spiro atoms. The number of rotatable bonds is 5. The molecule has 6 nitrogen and oxygen atoms in total. The van der Waals surface area contributed by atoms with E-state index in [1.54, 1.807) is 18.2 Å². The Labute approximate surface area is 151 Å². The molecule has 1 aliphatic heterocycles. The standard InChI is InChI=1S/C17H12ClF2NO5/c18-11-5-13(20)12(19)4-10(11)17(23)24-7-16(22)21-6-9-1-2-14-15(3-9)26-8-25-14/h1-5H,6-8H2,(H,21,22). The fraction of sp³-hybridized carbons (Fsp3) is 0.176. The van der Waals surface area contributed by atoms with E-state index in [-0.39, 0.29) is 23.9 Å². The summed E-state index contributed by atoms with van der Waals surface area (Å²) in [5, 5.41) is 2.24. The van der Waals surface area contributed by atoms with Crippen molar-refractivity contribution in [1.29, 1.82) is 0 Å². The number of benzene rings is 2. The van der Waals surface area contributed by atoms with Gasteiger partial charge in [-0.3, -0.25) is 4.79 Å². The third-order valence-corrected chi connectivity index (χ3v) is 3.80. The minimum Gasteiger partial charge on any atom is -0.454 e. The zero-order valence-corrected chi connectivity index (χ0v) is 13.9. The van der Waals surface area contributed by atoms with E-state index in [1.807, 2.05) is 0 Å². The third kappa shape index (κ3) is 4.02. The summed E-state index contributed by atoms with van der Waals surface area (Å²) in [4.78, 5) is 23.6. The Kier molecular flexibility index (Phi) is 5.22. The van der Waals surface area contributed by atoms with E-state index in [0.717, 1.165) is 5.56 Å². The molecule has 0 bridgehead atoms. The molecule has 0 unspecified atom stereocenters. The number of hydrogen-bond donors (Lipinski definition) is 1. The van der Waals surface area contributed by atoms with Gasteiger partial charge in [0, 0.05) is 6.54 Å². The zero-order valence-electron chi connectivity index (χ0n) is 13.2. The van der Waals surface area contributed by atoms with Gasteiger partial charge in [-0.2, -0.15) is 0 Å². The van der Waals surface area contributed by atoms with Gasteiger partial charge in [-0.15, -0.1) is 0 Å². The van der Waals surface area contributed by atoms with E-state index in [1.165, 1.54) is 0 Å². The normalized spacial score (nSPS) is 12.0. The van der Waals surface area contributed by atoms with Crippen molar-refractivity contribution in [3.63, 3.8) is 0 Å². The topological polar surface area (TPSA) is 73.9 Å². The van der Waals surface area contributed by atoms with Gasteiger partial charge in [0.2, 0.25) is 6.79 Å². The first-order valence-electron chi connectivity index (χ1n) is 7.41. The summed E-state index contributed by atoms with van der Waals surface area (Å²) in [6.45, 7) is -0.273. The van der Waals surface area contributed by atoms with Crippen LogP contribution in [0.4, 0.5) is 8.78 Å². The Bertz CT molecular complexity index is 874. The van der Waals surface area contributed by atoms with E-state index in [9.17, 15) is 18.4 Å². The fourth-order valence-corrected chi connectivity index (χ4v) is 2.42. The van der Waals surface area contributed by atoms with E-state index >= 15 is 0 Å². The molecule has 9 heteroatoms. The second-order valence-electron chi connectivity index (χ2n) is 5.29. The first kappa shape index (κ1) is 17.9. The molecule has 2 aromatic rings. The van der Waals surface area contributed by atoms with Crippen LogP contribution in [0, 0.1) is 11.6 Å². The van der Waals surface area contributed by atoms with Crippen LogP contribution in [0.1, 0.15) is 15.9 Å². The van der Waals surface area contributed by atoms with Crippen LogP contribution in [-0.2, 0) is 16.1 Å². The van der Waals surface area contributed by atoms with Gasteiger partial charge in [-0.25, -0.2) is 13.6 Å². The minimum absolute atomic E-state index is 0.146. The molecular formula is C17H12ClF2NO5. The molecule has 136 valence electrons. The summed E-state index contributed by atoms with van der Waals surface area (Å²) in [5.41, 5.74) is 0.395. The summed E-state index contributed by atoms with van der Waals surface area (Å²) < 4.78 is 41.3. The smallest absolute Gasteiger partial charge is 0.340 e. The lowest BCUT2D eigenvalue weighted by Gasteiger charge is -2.08. The lowest BCUT2D eigenvalue weighted by Crippen LogP contribution is -2.28. The van der Waals surface area contributed by atoms with Crippen molar-refractivity contribution in [1.82, 2.24) is 5.32 Å². The molecule has 1 aliphatic rings. The Morgan fingerprint density at radius 2 is 1.85 bits per heavy atom. The predicted molar refractivity (Wildman–Crippen MR) is 86.1 cm³/mol. The van der Waals surface area contributed by atoms with Crippen molar-refractivity contribution in [3.8, 4) is 11.5 Å². The molecule has 0 aliphatic carbocycles. The average molecular weight is 384 g/mol. The molecule has 1 heterocycles. The molecule has 2 aromatic carbocycles. The number of nitrogens with one attached hydrogen (secondary N) is 1. The van der Waals surface area contributed by atoms with Crippen LogP contribution in [0.25, 0.3) is 0 Å². The van der Waals surface area contributed by atoms with Gasteiger partial charge in [0.25, 0.3) is 5.91 Å². The number of fused-ring (bicyclic) bond motifs is 1. The van der Waals surface area contributed by atoms with E-state index in [2.05, 4.69) is 5.32 Å². The quantitative estimate of drug-likeness (QED) is 0.635. The molecule has 0 saturated carbocycles. The average Bonchev–Trinajstić information content (AvgIpc) is 3.08. The van der Waals surface area contributed by atoms with Crippen molar-refractivity contribution < 1.29 is 32.6 Å². The number of esters is 1. The van der Waals surface area contributed by atoms with Crippen LogP contribution in [0.3, 0.4) is 0 Å². The van der Waals surface area contributed by atoms with Gasteiger partial charge in [0.05, 0.1) is 10.6 Å².